The summed E-state index contributed by atoms with van der Waals surface area (Å²) in [4.78, 5) is 12.2. The molecule has 0 saturated heterocycles. The van der Waals surface area contributed by atoms with Crippen molar-refractivity contribution in [2.75, 3.05) is 7.11 Å². The minimum absolute atomic E-state index is 0.181. The molecular formula is C16H11BrINO4S. The predicted molar refractivity (Wildman–Crippen MR) is 103 cm³/mol. The number of carbonyl (C=O) groups is 1. The molecule has 124 valence electrons. The van der Waals surface area contributed by atoms with Crippen LogP contribution in [0.1, 0.15) is 10.4 Å². The summed E-state index contributed by atoms with van der Waals surface area (Å²) in [6, 6.07) is 13.1. The van der Waals surface area contributed by atoms with Crippen molar-refractivity contribution in [1.29, 1.82) is 0 Å². The molecule has 3 aromatic rings. The van der Waals surface area contributed by atoms with Crippen LogP contribution in [0, 0.1) is 3.70 Å². The summed E-state index contributed by atoms with van der Waals surface area (Å²) in [5, 5.41) is 0.522. The maximum absolute atomic E-state index is 13.0. The first-order valence-electron chi connectivity index (χ1n) is 6.75. The Morgan fingerprint density at radius 2 is 1.83 bits per heavy atom. The van der Waals surface area contributed by atoms with Gasteiger partial charge in [0.2, 0.25) is 0 Å². The molecule has 0 aliphatic heterocycles. The zero-order chi connectivity index (χ0) is 17.5. The highest BCUT2D eigenvalue weighted by molar-refractivity contribution is 14.1. The first-order chi connectivity index (χ1) is 11.4. The summed E-state index contributed by atoms with van der Waals surface area (Å²) in [5.41, 5.74) is 0.722. The lowest BCUT2D eigenvalue weighted by Crippen LogP contribution is -2.14. The number of halogens is 2. The Kier molecular flexibility index (Phi) is 4.71. The van der Waals surface area contributed by atoms with Gasteiger partial charge in [-0.1, -0.05) is 34.1 Å². The van der Waals surface area contributed by atoms with Crippen LogP contribution in [0.25, 0.3) is 10.9 Å². The Balaban J connectivity index is 2.37. The molecule has 0 aliphatic carbocycles. The lowest BCUT2D eigenvalue weighted by Gasteiger charge is -2.10. The number of aromatic nitrogens is 1. The van der Waals surface area contributed by atoms with E-state index in [0.717, 1.165) is 0 Å². The van der Waals surface area contributed by atoms with E-state index in [9.17, 15) is 13.2 Å². The van der Waals surface area contributed by atoms with E-state index in [-0.39, 0.29) is 4.90 Å². The van der Waals surface area contributed by atoms with Crippen LogP contribution < -0.4 is 0 Å². The van der Waals surface area contributed by atoms with E-state index < -0.39 is 16.0 Å². The number of rotatable bonds is 3. The van der Waals surface area contributed by atoms with Crippen LogP contribution in [0.3, 0.4) is 0 Å². The SMILES string of the molecule is COC(=O)c1cc(Br)cc2c1cc(I)n2S(=O)(=O)c1ccccc1. The molecule has 0 amide bonds. The van der Waals surface area contributed by atoms with Gasteiger partial charge in [-0.25, -0.2) is 17.2 Å². The second-order valence-electron chi connectivity index (χ2n) is 4.93. The van der Waals surface area contributed by atoms with E-state index in [2.05, 4.69) is 15.9 Å². The van der Waals surface area contributed by atoms with E-state index in [1.165, 1.54) is 23.2 Å². The molecule has 24 heavy (non-hydrogen) atoms. The average Bonchev–Trinajstić information content (AvgIpc) is 2.90. The van der Waals surface area contributed by atoms with Crippen molar-refractivity contribution in [2.45, 2.75) is 4.90 Å². The second kappa shape index (κ2) is 6.49. The Morgan fingerprint density at radius 1 is 1.17 bits per heavy atom. The fraction of sp³-hybridized carbons (Fsp3) is 0.0625. The smallest absolute Gasteiger partial charge is 0.338 e. The largest absolute Gasteiger partial charge is 0.465 e. The molecule has 3 rings (SSSR count). The van der Waals surface area contributed by atoms with Crippen molar-refractivity contribution in [1.82, 2.24) is 3.97 Å². The van der Waals surface area contributed by atoms with Crippen molar-refractivity contribution in [3.8, 4) is 0 Å². The molecular weight excluding hydrogens is 509 g/mol. The maximum Gasteiger partial charge on any atom is 0.338 e. The number of ether oxygens (including phenoxy) is 1. The van der Waals surface area contributed by atoms with Crippen molar-refractivity contribution >= 4 is 65.4 Å². The number of methoxy groups -OCH3 is 1. The molecule has 0 N–H and O–H groups in total. The Hall–Kier alpha value is -1.39. The molecule has 8 heteroatoms. The number of hydrogen-bond donors (Lipinski definition) is 0. The van der Waals surface area contributed by atoms with Crippen LogP contribution in [-0.2, 0) is 14.8 Å². The minimum atomic E-state index is -3.78. The third-order valence-corrected chi connectivity index (χ3v) is 6.81. The van der Waals surface area contributed by atoms with Crippen LogP contribution >= 0.6 is 38.5 Å². The molecule has 1 heterocycles. The number of nitrogens with zero attached hydrogens (tertiary/aromatic N) is 1. The third kappa shape index (κ3) is 2.86. The lowest BCUT2D eigenvalue weighted by molar-refractivity contribution is 0.0603. The fourth-order valence-corrected chi connectivity index (χ4v) is 5.64. The molecule has 2 aromatic carbocycles. The summed E-state index contributed by atoms with van der Waals surface area (Å²) in [6.45, 7) is 0. The molecule has 0 unspecified atom stereocenters. The first kappa shape index (κ1) is 17.4. The molecule has 0 aliphatic rings. The zero-order valence-electron chi connectivity index (χ0n) is 12.4. The van der Waals surface area contributed by atoms with Gasteiger partial charge in [0.15, 0.2) is 0 Å². The number of benzene rings is 2. The Morgan fingerprint density at radius 3 is 2.46 bits per heavy atom. The van der Waals surface area contributed by atoms with Gasteiger partial charge < -0.3 is 4.74 Å². The van der Waals surface area contributed by atoms with Gasteiger partial charge in [-0.3, -0.25) is 0 Å². The second-order valence-corrected chi connectivity index (χ2v) is 8.73. The van der Waals surface area contributed by atoms with E-state index in [0.29, 0.717) is 24.6 Å². The Bertz CT molecular complexity index is 1040. The molecule has 0 bridgehead atoms. The highest BCUT2D eigenvalue weighted by Crippen LogP contribution is 2.32. The predicted octanol–water partition coefficient (Wildman–Crippen LogP) is 4.03. The van der Waals surface area contributed by atoms with Crippen molar-refractivity contribution in [3.63, 3.8) is 0 Å². The number of hydrogen-bond acceptors (Lipinski definition) is 4. The van der Waals surface area contributed by atoms with Crippen molar-refractivity contribution in [2.24, 2.45) is 0 Å². The maximum atomic E-state index is 13.0. The summed E-state index contributed by atoms with van der Waals surface area (Å²) < 4.78 is 33.1. The number of fused-ring (bicyclic) bond motifs is 1. The monoisotopic (exact) mass is 519 g/mol. The first-order valence-corrected chi connectivity index (χ1v) is 10.1. The summed E-state index contributed by atoms with van der Waals surface area (Å²) in [7, 11) is -2.49. The van der Waals surface area contributed by atoms with Gasteiger partial charge in [-0.15, -0.1) is 0 Å². The van der Waals surface area contributed by atoms with Gasteiger partial charge >= 0.3 is 5.97 Å². The van der Waals surface area contributed by atoms with E-state index >= 15 is 0 Å². The summed E-state index contributed by atoms with van der Waals surface area (Å²) in [6.07, 6.45) is 0. The van der Waals surface area contributed by atoms with E-state index in [1.807, 2.05) is 22.6 Å². The topological polar surface area (TPSA) is 65.4 Å². The molecule has 0 radical (unpaired) electrons. The van der Waals surface area contributed by atoms with Gasteiger partial charge in [0.1, 0.15) is 0 Å². The normalized spacial score (nSPS) is 11.6. The molecule has 0 fully saturated rings. The van der Waals surface area contributed by atoms with Crippen molar-refractivity contribution in [3.05, 3.63) is 62.3 Å². The lowest BCUT2D eigenvalue weighted by atomic mass is 10.1. The van der Waals surface area contributed by atoms with Crippen LogP contribution in [-0.4, -0.2) is 25.5 Å². The Labute approximate surface area is 160 Å². The highest BCUT2D eigenvalue weighted by Gasteiger charge is 2.25. The molecule has 0 atom stereocenters. The minimum Gasteiger partial charge on any atom is -0.465 e. The highest BCUT2D eigenvalue weighted by atomic mass is 127. The van der Waals surface area contributed by atoms with Gasteiger partial charge in [-0.05, 0) is 52.9 Å². The molecule has 1 aromatic heterocycles. The average molecular weight is 520 g/mol. The van der Waals surface area contributed by atoms with Crippen LogP contribution in [0.5, 0.6) is 0 Å². The van der Waals surface area contributed by atoms with E-state index in [1.54, 1.807) is 36.4 Å². The molecule has 0 spiro atoms. The molecule has 0 saturated carbocycles. The van der Waals surface area contributed by atoms with Crippen molar-refractivity contribution < 1.29 is 17.9 Å². The standard InChI is InChI=1S/C16H11BrINO4S/c1-23-16(20)13-7-10(17)8-14-12(13)9-15(18)19(14)24(21,22)11-5-3-2-4-6-11/h2-9H,1H3. The van der Waals surface area contributed by atoms with Crippen LogP contribution in [0.4, 0.5) is 0 Å². The zero-order valence-corrected chi connectivity index (χ0v) is 16.9. The van der Waals surface area contributed by atoms with Gasteiger partial charge in [0, 0.05) is 9.86 Å². The number of carbonyl (C=O) groups excluding carboxylic acids is 1. The third-order valence-electron chi connectivity index (χ3n) is 3.49. The van der Waals surface area contributed by atoms with Crippen LogP contribution in [0.2, 0.25) is 0 Å². The quantitative estimate of drug-likeness (QED) is 0.387. The molecule has 5 nitrogen and oxygen atoms in total. The summed E-state index contributed by atoms with van der Waals surface area (Å²) in [5.74, 6) is -0.521. The van der Waals surface area contributed by atoms with Gasteiger partial charge in [0.05, 0.1) is 26.8 Å². The van der Waals surface area contributed by atoms with Crippen LogP contribution in [0.15, 0.2) is 57.9 Å². The van der Waals surface area contributed by atoms with Gasteiger partial charge in [0.25, 0.3) is 10.0 Å². The summed E-state index contributed by atoms with van der Waals surface area (Å²) >= 11 is 5.27. The number of esters is 1. The van der Waals surface area contributed by atoms with E-state index in [4.69, 9.17) is 4.74 Å². The fourth-order valence-electron chi connectivity index (χ4n) is 2.44. The van der Waals surface area contributed by atoms with Gasteiger partial charge in [-0.2, -0.15) is 0 Å².